The van der Waals surface area contributed by atoms with Gasteiger partial charge >= 0.3 is 5.97 Å². The Hall–Kier alpha value is -1.82. The number of nitrogen functional groups attached to an aromatic ring is 1. The fraction of sp³-hybridized carbons (Fsp3) is 0.500. The number of carbonyl (C=O) groups is 1. The van der Waals surface area contributed by atoms with Gasteiger partial charge in [-0.25, -0.2) is 9.18 Å². The summed E-state index contributed by atoms with van der Waals surface area (Å²) in [6, 6.07) is 2.54. The number of hydrogen-bond acceptors (Lipinski definition) is 5. The van der Waals surface area contributed by atoms with E-state index in [1.165, 1.54) is 6.07 Å². The van der Waals surface area contributed by atoms with E-state index in [-0.39, 0.29) is 23.5 Å². The molecular formula is C14H22FN3O2. The van der Waals surface area contributed by atoms with Crippen LogP contribution in [-0.2, 0) is 4.74 Å². The Morgan fingerprint density at radius 2 is 2.15 bits per heavy atom. The first-order chi connectivity index (χ1) is 9.45. The molecule has 1 aromatic rings. The lowest BCUT2D eigenvalue weighted by atomic mass is 10.1. The van der Waals surface area contributed by atoms with Crippen molar-refractivity contribution in [2.75, 3.05) is 44.8 Å². The van der Waals surface area contributed by atoms with Gasteiger partial charge in [0.15, 0.2) is 0 Å². The van der Waals surface area contributed by atoms with Crippen LogP contribution in [0.4, 0.5) is 15.8 Å². The highest BCUT2D eigenvalue weighted by Crippen LogP contribution is 2.23. The predicted molar refractivity (Wildman–Crippen MR) is 78.4 cm³/mol. The Bertz CT molecular complexity index is 464. The molecule has 3 N–H and O–H groups in total. The molecule has 0 saturated carbocycles. The molecule has 0 bridgehead atoms. The van der Waals surface area contributed by atoms with Crippen molar-refractivity contribution >= 4 is 17.3 Å². The standard InChI is InChI=1S/C14H22FN3O2/c1-4-20-14(19)10-8-13(11(15)9-12(10)16)17-6-5-7-18(2)3/h8-9,17H,4-7,16H2,1-3H3. The zero-order valence-corrected chi connectivity index (χ0v) is 12.2. The molecule has 0 spiro atoms. The summed E-state index contributed by atoms with van der Waals surface area (Å²) in [5, 5.41) is 2.97. The molecule has 1 aromatic carbocycles. The molecule has 0 atom stereocenters. The third kappa shape index (κ3) is 4.70. The van der Waals surface area contributed by atoms with Crippen LogP contribution in [-0.4, -0.2) is 44.7 Å². The van der Waals surface area contributed by atoms with E-state index in [2.05, 4.69) is 5.32 Å². The number of nitrogens with one attached hydrogen (secondary N) is 1. The number of anilines is 2. The Balaban J connectivity index is 2.75. The number of nitrogens with two attached hydrogens (primary N) is 1. The quantitative estimate of drug-likeness (QED) is 0.455. The van der Waals surface area contributed by atoms with Crippen molar-refractivity contribution in [2.45, 2.75) is 13.3 Å². The second-order valence-electron chi connectivity index (χ2n) is 4.72. The van der Waals surface area contributed by atoms with E-state index in [0.29, 0.717) is 6.54 Å². The summed E-state index contributed by atoms with van der Waals surface area (Å²) in [7, 11) is 3.95. The van der Waals surface area contributed by atoms with Gasteiger partial charge in [-0.3, -0.25) is 0 Å². The van der Waals surface area contributed by atoms with Crippen LogP contribution in [0, 0.1) is 5.82 Å². The van der Waals surface area contributed by atoms with Crippen molar-refractivity contribution < 1.29 is 13.9 Å². The van der Waals surface area contributed by atoms with Crippen LogP contribution < -0.4 is 11.1 Å². The van der Waals surface area contributed by atoms with Crippen molar-refractivity contribution in [1.82, 2.24) is 4.90 Å². The van der Waals surface area contributed by atoms with Gasteiger partial charge < -0.3 is 20.7 Å². The summed E-state index contributed by atoms with van der Waals surface area (Å²) in [6.07, 6.45) is 0.867. The molecule has 6 heteroatoms. The minimum Gasteiger partial charge on any atom is -0.462 e. The number of hydrogen-bond donors (Lipinski definition) is 2. The van der Waals surface area contributed by atoms with Crippen LogP contribution in [0.5, 0.6) is 0 Å². The molecule has 0 radical (unpaired) electrons. The Morgan fingerprint density at radius 1 is 1.45 bits per heavy atom. The molecule has 0 unspecified atom stereocenters. The molecule has 0 saturated heterocycles. The third-order valence-corrected chi connectivity index (χ3v) is 2.73. The monoisotopic (exact) mass is 283 g/mol. The smallest absolute Gasteiger partial charge is 0.340 e. The Morgan fingerprint density at radius 3 is 2.75 bits per heavy atom. The summed E-state index contributed by atoms with van der Waals surface area (Å²) in [4.78, 5) is 13.7. The van der Waals surface area contributed by atoms with Gasteiger partial charge in [-0.2, -0.15) is 0 Å². The average Bonchev–Trinajstić information content (AvgIpc) is 2.36. The minimum absolute atomic E-state index is 0.0831. The van der Waals surface area contributed by atoms with Crippen LogP contribution in [0.2, 0.25) is 0 Å². The van der Waals surface area contributed by atoms with Crippen LogP contribution in [0.15, 0.2) is 12.1 Å². The molecule has 0 fully saturated rings. The SMILES string of the molecule is CCOC(=O)c1cc(NCCCN(C)C)c(F)cc1N. The first-order valence-corrected chi connectivity index (χ1v) is 6.60. The maximum atomic E-state index is 13.8. The van der Waals surface area contributed by atoms with Crippen LogP contribution >= 0.6 is 0 Å². The van der Waals surface area contributed by atoms with Gasteiger partial charge in [0.1, 0.15) is 5.82 Å². The molecule has 0 aliphatic rings. The van der Waals surface area contributed by atoms with Gasteiger partial charge in [0.25, 0.3) is 0 Å². The van der Waals surface area contributed by atoms with Gasteiger partial charge in [0.2, 0.25) is 0 Å². The first kappa shape index (κ1) is 16.2. The average molecular weight is 283 g/mol. The highest BCUT2D eigenvalue weighted by Gasteiger charge is 2.15. The number of halogens is 1. The number of rotatable bonds is 7. The van der Waals surface area contributed by atoms with E-state index in [0.717, 1.165) is 19.0 Å². The van der Waals surface area contributed by atoms with Crippen LogP contribution in [0.3, 0.4) is 0 Å². The molecule has 5 nitrogen and oxygen atoms in total. The maximum absolute atomic E-state index is 13.8. The molecule has 0 aliphatic carbocycles. The van der Waals surface area contributed by atoms with Crippen LogP contribution in [0.25, 0.3) is 0 Å². The molecule has 0 aliphatic heterocycles. The molecular weight excluding hydrogens is 261 g/mol. The van der Waals surface area contributed by atoms with Crippen molar-refractivity contribution in [3.8, 4) is 0 Å². The van der Waals surface area contributed by atoms with Gasteiger partial charge in [0, 0.05) is 12.2 Å². The van der Waals surface area contributed by atoms with E-state index in [1.54, 1.807) is 6.92 Å². The molecule has 1 rings (SSSR count). The summed E-state index contributed by atoms with van der Waals surface area (Å²) >= 11 is 0. The van der Waals surface area contributed by atoms with E-state index in [1.807, 2.05) is 19.0 Å². The zero-order chi connectivity index (χ0) is 15.1. The number of carbonyl (C=O) groups excluding carboxylic acids is 1. The Labute approximate surface area is 118 Å². The second-order valence-corrected chi connectivity index (χ2v) is 4.72. The van der Waals surface area contributed by atoms with Crippen molar-refractivity contribution in [3.05, 3.63) is 23.5 Å². The minimum atomic E-state index is -0.540. The number of ether oxygens (including phenoxy) is 1. The van der Waals surface area contributed by atoms with Gasteiger partial charge in [0.05, 0.1) is 17.9 Å². The van der Waals surface area contributed by atoms with Crippen molar-refractivity contribution in [2.24, 2.45) is 0 Å². The lowest BCUT2D eigenvalue weighted by Gasteiger charge is -2.13. The van der Waals surface area contributed by atoms with Crippen molar-refractivity contribution in [1.29, 1.82) is 0 Å². The zero-order valence-electron chi connectivity index (χ0n) is 12.2. The van der Waals surface area contributed by atoms with E-state index in [9.17, 15) is 9.18 Å². The molecule has 0 aromatic heterocycles. The third-order valence-electron chi connectivity index (χ3n) is 2.73. The summed E-state index contributed by atoms with van der Waals surface area (Å²) < 4.78 is 18.6. The first-order valence-electron chi connectivity index (χ1n) is 6.60. The van der Waals surface area contributed by atoms with E-state index < -0.39 is 11.8 Å². The molecule has 0 heterocycles. The highest BCUT2D eigenvalue weighted by atomic mass is 19.1. The fourth-order valence-corrected chi connectivity index (χ4v) is 1.73. The van der Waals surface area contributed by atoms with Gasteiger partial charge in [-0.15, -0.1) is 0 Å². The molecule has 112 valence electrons. The van der Waals surface area contributed by atoms with Crippen molar-refractivity contribution in [3.63, 3.8) is 0 Å². The van der Waals surface area contributed by atoms with E-state index >= 15 is 0 Å². The molecule has 20 heavy (non-hydrogen) atoms. The number of esters is 1. The summed E-state index contributed by atoms with van der Waals surface area (Å²) in [5.74, 6) is -1.01. The van der Waals surface area contributed by atoms with Crippen LogP contribution in [0.1, 0.15) is 23.7 Å². The van der Waals surface area contributed by atoms with Gasteiger partial charge in [-0.1, -0.05) is 0 Å². The van der Waals surface area contributed by atoms with Gasteiger partial charge in [-0.05, 0) is 46.1 Å². The predicted octanol–water partition coefficient (Wildman–Crippen LogP) is 1.95. The molecule has 0 amide bonds. The highest BCUT2D eigenvalue weighted by molar-refractivity contribution is 5.96. The topological polar surface area (TPSA) is 67.6 Å². The maximum Gasteiger partial charge on any atom is 0.340 e. The number of benzene rings is 1. The summed E-state index contributed by atoms with van der Waals surface area (Å²) in [5.41, 5.74) is 6.17. The lowest BCUT2D eigenvalue weighted by Crippen LogP contribution is -2.17. The normalized spacial score (nSPS) is 10.7. The Kier molecular flexibility index (Phi) is 6.24. The second kappa shape index (κ2) is 7.69. The van der Waals surface area contributed by atoms with E-state index in [4.69, 9.17) is 10.5 Å². The number of nitrogens with zero attached hydrogens (tertiary/aromatic N) is 1. The fourth-order valence-electron chi connectivity index (χ4n) is 1.73. The summed E-state index contributed by atoms with van der Waals surface area (Å²) in [6.45, 7) is 3.47. The largest absolute Gasteiger partial charge is 0.462 e. The lowest BCUT2D eigenvalue weighted by molar-refractivity contribution is 0.0527.